The predicted molar refractivity (Wildman–Crippen MR) is 53.3 cm³/mol. The third kappa shape index (κ3) is 2.76. The fourth-order valence-electron chi connectivity index (χ4n) is 2.02. The van der Waals surface area contributed by atoms with Gasteiger partial charge >= 0.3 is 0 Å². The minimum Gasteiger partial charge on any atom is -0.314 e. The molecule has 3 atom stereocenters. The van der Waals surface area contributed by atoms with Crippen LogP contribution in [0.1, 0.15) is 34.1 Å². The molecule has 72 valence electrons. The van der Waals surface area contributed by atoms with Gasteiger partial charge in [0.15, 0.2) is 0 Å². The summed E-state index contributed by atoms with van der Waals surface area (Å²) in [7, 11) is 0. The molecule has 2 heteroatoms. The Labute approximate surface area is 76.1 Å². The maximum Gasteiger partial charge on any atom is 0.00820 e. The summed E-state index contributed by atoms with van der Waals surface area (Å²) in [4.78, 5) is 0. The molecule has 2 nitrogen and oxygen atoms in total. The standard InChI is InChI=1S/C10H22N2/c1-7(2)12-9(4)10-5-8(3)11-6-10/h7-12H,5-6H2,1-4H3/t8?,9?,10-/m1/s1. The quantitative estimate of drug-likeness (QED) is 0.668. The maximum absolute atomic E-state index is 3.57. The molecule has 1 fully saturated rings. The first kappa shape index (κ1) is 10.0. The van der Waals surface area contributed by atoms with Gasteiger partial charge in [-0.3, -0.25) is 0 Å². The highest BCUT2D eigenvalue weighted by Gasteiger charge is 2.25. The molecular formula is C10H22N2. The SMILES string of the molecule is CC(C)NC(C)[C@H]1CNC(C)C1. The Balaban J connectivity index is 2.28. The van der Waals surface area contributed by atoms with Crippen molar-refractivity contribution in [1.82, 2.24) is 10.6 Å². The van der Waals surface area contributed by atoms with Crippen molar-refractivity contribution < 1.29 is 0 Å². The zero-order valence-corrected chi connectivity index (χ0v) is 8.72. The monoisotopic (exact) mass is 170 g/mol. The van der Waals surface area contributed by atoms with E-state index in [1.165, 1.54) is 13.0 Å². The van der Waals surface area contributed by atoms with Gasteiger partial charge in [-0.1, -0.05) is 13.8 Å². The van der Waals surface area contributed by atoms with E-state index < -0.39 is 0 Å². The Morgan fingerprint density at radius 1 is 1.33 bits per heavy atom. The van der Waals surface area contributed by atoms with E-state index in [-0.39, 0.29) is 0 Å². The van der Waals surface area contributed by atoms with Crippen LogP contribution in [0.25, 0.3) is 0 Å². The molecule has 0 amide bonds. The number of rotatable bonds is 3. The number of nitrogens with one attached hydrogen (secondary N) is 2. The Morgan fingerprint density at radius 2 is 2.00 bits per heavy atom. The average molecular weight is 170 g/mol. The Kier molecular flexibility index (Phi) is 3.53. The minimum atomic E-state index is 0.607. The minimum absolute atomic E-state index is 0.607. The third-order valence-electron chi connectivity index (χ3n) is 2.69. The Morgan fingerprint density at radius 3 is 2.42 bits per heavy atom. The smallest absolute Gasteiger partial charge is 0.00820 e. The van der Waals surface area contributed by atoms with Crippen molar-refractivity contribution in [2.75, 3.05) is 6.54 Å². The molecule has 1 aliphatic rings. The van der Waals surface area contributed by atoms with Crippen LogP contribution in [0.15, 0.2) is 0 Å². The van der Waals surface area contributed by atoms with Gasteiger partial charge in [-0.25, -0.2) is 0 Å². The molecule has 0 aromatic heterocycles. The summed E-state index contributed by atoms with van der Waals surface area (Å²) in [5.41, 5.74) is 0. The summed E-state index contributed by atoms with van der Waals surface area (Å²) in [6.45, 7) is 10.2. The predicted octanol–water partition coefficient (Wildman–Crippen LogP) is 1.37. The lowest BCUT2D eigenvalue weighted by atomic mass is 9.98. The molecule has 1 rings (SSSR count). The first-order valence-corrected chi connectivity index (χ1v) is 5.09. The highest BCUT2D eigenvalue weighted by Crippen LogP contribution is 2.17. The van der Waals surface area contributed by atoms with Crippen LogP contribution in [0.5, 0.6) is 0 Å². The molecule has 0 spiro atoms. The highest BCUT2D eigenvalue weighted by molar-refractivity contribution is 4.85. The first-order chi connectivity index (χ1) is 5.59. The van der Waals surface area contributed by atoms with E-state index in [1.807, 2.05) is 0 Å². The fourth-order valence-corrected chi connectivity index (χ4v) is 2.02. The van der Waals surface area contributed by atoms with E-state index in [4.69, 9.17) is 0 Å². The summed E-state index contributed by atoms with van der Waals surface area (Å²) in [6.07, 6.45) is 1.32. The molecule has 2 unspecified atom stereocenters. The molecular weight excluding hydrogens is 148 g/mol. The van der Waals surface area contributed by atoms with Gasteiger partial charge < -0.3 is 10.6 Å². The van der Waals surface area contributed by atoms with Crippen LogP contribution >= 0.6 is 0 Å². The second kappa shape index (κ2) is 4.24. The molecule has 1 saturated heterocycles. The van der Waals surface area contributed by atoms with Crippen LogP contribution in [0, 0.1) is 5.92 Å². The van der Waals surface area contributed by atoms with Crippen LogP contribution in [0.3, 0.4) is 0 Å². The molecule has 0 aliphatic carbocycles. The second-order valence-corrected chi connectivity index (χ2v) is 4.42. The van der Waals surface area contributed by atoms with Crippen molar-refractivity contribution in [3.63, 3.8) is 0 Å². The molecule has 0 aromatic rings. The second-order valence-electron chi connectivity index (χ2n) is 4.42. The van der Waals surface area contributed by atoms with E-state index in [2.05, 4.69) is 38.3 Å². The molecule has 0 bridgehead atoms. The van der Waals surface area contributed by atoms with Crippen LogP contribution in [0.2, 0.25) is 0 Å². The van der Waals surface area contributed by atoms with Gasteiger partial charge in [0, 0.05) is 18.1 Å². The number of hydrogen-bond acceptors (Lipinski definition) is 2. The van der Waals surface area contributed by atoms with Gasteiger partial charge in [0.1, 0.15) is 0 Å². The van der Waals surface area contributed by atoms with Gasteiger partial charge in [-0.05, 0) is 32.7 Å². The lowest BCUT2D eigenvalue weighted by Crippen LogP contribution is -2.38. The average Bonchev–Trinajstić information content (AvgIpc) is 2.34. The molecule has 12 heavy (non-hydrogen) atoms. The van der Waals surface area contributed by atoms with Gasteiger partial charge in [-0.2, -0.15) is 0 Å². The molecule has 0 saturated carbocycles. The van der Waals surface area contributed by atoms with Crippen molar-refractivity contribution >= 4 is 0 Å². The van der Waals surface area contributed by atoms with Gasteiger partial charge in [0.05, 0.1) is 0 Å². The van der Waals surface area contributed by atoms with E-state index in [1.54, 1.807) is 0 Å². The maximum atomic E-state index is 3.57. The van der Waals surface area contributed by atoms with Gasteiger partial charge in [0.2, 0.25) is 0 Å². The zero-order chi connectivity index (χ0) is 9.14. The largest absolute Gasteiger partial charge is 0.314 e. The molecule has 2 N–H and O–H groups in total. The fraction of sp³-hybridized carbons (Fsp3) is 1.00. The normalized spacial score (nSPS) is 32.8. The summed E-state index contributed by atoms with van der Waals surface area (Å²) < 4.78 is 0. The topological polar surface area (TPSA) is 24.1 Å². The van der Waals surface area contributed by atoms with E-state index in [0.717, 1.165) is 5.92 Å². The number of hydrogen-bond donors (Lipinski definition) is 2. The van der Waals surface area contributed by atoms with Crippen molar-refractivity contribution in [1.29, 1.82) is 0 Å². The summed E-state index contributed by atoms with van der Waals surface area (Å²) in [5.74, 6) is 0.822. The van der Waals surface area contributed by atoms with Crippen LogP contribution in [0.4, 0.5) is 0 Å². The molecule has 1 aliphatic heterocycles. The highest BCUT2D eigenvalue weighted by atomic mass is 15.0. The summed E-state index contributed by atoms with van der Waals surface area (Å²) in [6, 6.07) is 1.98. The van der Waals surface area contributed by atoms with Crippen molar-refractivity contribution in [2.24, 2.45) is 5.92 Å². The van der Waals surface area contributed by atoms with Crippen LogP contribution in [-0.4, -0.2) is 24.7 Å². The zero-order valence-electron chi connectivity index (χ0n) is 8.72. The Hall–Kier alpha value is -0.0800. The molecule has 0 aromatic carbocycles. The molecule has 1 heterocycles. The van der Waals surface area contributed by atoms with Crippen molar-refractivity contribution in [3.05, 3.63) is 0 Å². The first-order valence-electron chi connectivity index (χ1n) is 5.09. The Bertz CT molecular complexity index is 134. The third-order valence-corrected chi connectivity index (χ3v) is 2.69. The van der Waals surface area contributed by atoms with Gasteiger partial charge in [-0.15, -0.1) is 0 Å². The lowest BCUT2D eigenvalue weighted by Gasteiger charge is -2.22. The van der Waals surface area contributed by atoms with E-state index >= 15 is 0 Å². The molecule has 0 radical (unpaired) electrons. The summed E-state index contributed by atoms with van der Waals surface area (Å²) >= 11 is 0. The van der Waals surface area contributed by atoms with Crippen molar-refractivity contribution in [3.8, 4) is 0 Å². The van der Waals surface area contributed by atoms with Gasteiger partial charge in [0.25, 0.3) is 0 Å². The summed E-state index contributed by atoms with van der Waals surface area (Å²) in [5, 5.41) is 7.05. The van der Waals surface area contributed by atoms with Crippen molar-refractivity contribution in [2.45, 2.75) is 52.2 Å². The van der Waals surface area contributed by atoms with E-state index in [0.29, 0.717) is 18.1 Å². The van der Waals surface area contributed by atoms with Crippen LogP contribution < -0.4 is 10.6 Å². The van der Waals surface area contributed by atoms with E-state index in [9.17, 15) is 0 Å². The van der Waals surface area contributed by atoms with Crippen LogP contribution in [-0.2, 0) is 0 Å². The lowest BCUT2D eigenvalue weighted by molar-refractivity contribution is 0.369.